The number of nitrogens with zero attached hydrogens (tertiary/aromatic N) is 4. The summed E-state index contributed by atoms with van der Waals surface area (Å²) in [6.07, 6.45) is 1.42. The Hall–Kier alpha value is -3.74. The minimum Gasteiger partial charge on any atom is -0.359 e. The summed E-state index contributed by atoms with van der Waals surface area (Å²) in [5.41, 5.74) is 2.96. The van der Waals surface area contributed by atoms with Gasteiger partial charge in [0, 0.05) is 24.2 Å². The molecule has 2 aromatic heterocycles. The van der Waals surface area contributed by atoms with Crippen molar-refractivity contribution in [2.24, 2.45) is 0 Å². The van der Waals surface area contributed by atoms with Crippen LogP contribution in [0.2, 0.25) is 0 Å². The van der Waals surface area contributed by atoms with Crippen molar-refractivity contribution in [3.05, 3.63) is 78.3 Å². The number of carbonyl (C=O) groups is 1. The van der Waals surface area contributed by atoms with Crippen molar-refractivity contribution in [1.29, 1.82) is 0 Å². The van der Waals surface area contributed by atoms with Crippen LogP contribution in [-0.4, -0.2) is 38.2 Å². The minimum atomic E-state index is -0.139. The summed E-state index contributed by atoms with van der Waals surface area (Å²) in [4.78, 5) is 18.7. The molecule has 0 atom stereocenters. The molecule has 134 valence electrons. The number of rotatable bonds is 5. The summed E-state index contributed by atoms with van der Waals surface area (Å²) >= 11 is 0. The number of amides is 1. The molecule has 0 unspecified atom stereocenters. The van der Waals surface area contributed by atoms with E-state index in [4.69, 9.17) is 4.52 Å². The summed E-state index contributed by atoms with van der Waals surface area (Å²) in [6.45, 7) is 0.309. The highest BCUT2D eigenvalue weighted by atomic mass is 16.5. The Morgan fingerprint density at radius 1 is 1.11 bits per heavy atom. The van der Waals surface area contributed by atoms with E-state index in [0.29, 0.717) is 29.3 Å². The molecular formula is C20H17N5O2. The maximum absolute atomic E-state index is 12.9. The average Bonchev–Trinajstić information content (AvgIpc) is 3.40. The molecule has 4 aromatic rings. The first-order valence-corrected chi connectivity index (χ1v) is 8.43. The fourth-order valence-corrected chi connectivity index (χ4v) is 2.85. The molecule has 7 heteroatoms. The second kappa shape index (κ2) is 7.25. The first-order chi connectivity index (χ1) is 13.2. The third-order valence-electron chi connectivity index (χ3n) is 4.20. The van der Waals surface area contributed by atoms with Crippen LogP contribution in [0.1, 0.15) is 16.1 Å². The van der Waals surface area contributed by atoms with Gasteiger partial charge in [0.2, 0.25) is 0 Å². The Morgan fingerprint density at radius 3 is 2.67 bits per heavy atom. The van der Waals surface area contributed by atoms with Gasteiger partial charge in [-0.25, -0.2) is 4.98 Å². The van der Waals surface area contributed by atoms with Crippen LogP contribution in [0.4, 0.5) is 0 Å². The van der Waals surface area contributed by atoms with Crippen molar-refractivity contribution in [1.82, 2.24) is 25.2 Å². The largest absolute Gasteiger partial charge is 0.359 e. The monoisotopic (exact) mass is 359 g/mol. The van der Waals surface area contributed by atoms with Crippen molar-refractivity contribution in [3.8, 4) is 22.6 Å². The summed E-state index contributed by atoms with van der Waals surface area (Å²) in [7, 11) is 1.73. The zero-order chi connectivity index (χ0) is 18.6. The van der Waals surface area contributed by atoms with Gasteiger partial charge < -0.3 is 9.42 Å². The van der Waals surface area contributed by atoms with E-state index in [1.807, 2.05) is 54.6 Å². The molecule has 1 amide bonds. The minimum absolute atomic E-state index is 0.139. The van der Waals surface area contributed by atoms with Crippen molar-refractivity contribution in [2.75, 3.05) is 7.05 Å². The lowest BCUT2D eigenvalue weighted by Crippen LogP contribution is -2.26. The molecule has 27 heavy (non-hydrogen) atoms. The molecule has 2 heterocycles. The first kappa shape index (κ1) is 16.7. The fraction of sp³-hybridized carbons (Fsp3) is 0.100. The number of benzene rings is 2. The van der Waals surface area contributed by atoms with E-state index in [1.54, 1.807) is 18.0 Å². The van der Waals surface area contributed by atoms with E-state index in [1.165, 1.54) is 6.33 Å². The zero-order valence-corrected chi connectivity index (χ0v) is 14.7. The van der Waals surface area contributed by atoms with Gasteiger partial charge in [-0.2, -0.15) is 5.10 Å². The van der Waals surface area contributed by atoms with Gasteiger partial charge in [-0.1, -0.05) is 53.7 Å². The molecule has 1 N–H and O–H groups in total. The maximum Gasteiger partial charge on any atom is 0.254 e. The van der Waals surface area contributed by atoms with Crippen LogP contribution in [0.3, 0.4) is 0 Å². The van der Waals surface area contributed by atoms with Crippen LogP contribution >= 0.6 is 0 Å². The van der Waals surface area contributed by atoms with Crippen LogP contribution < -0.4 is 0 Å². The Morgan fingerprint density at radius 2 is 1.89 bits per heavy atom. The van der Waals surface area contributed by atoms with Crippen LogP contribution in [0.5, 0.6) is 0 Å². The van der Waals surface area contributed by atoms with Crippen LogP contribution in [0.15, 0.2) is 71.5 Å². The number of aromatic nitrogens is 4. The number of nitrogens with one attached hydrogen (secondary N) is 1. The predicted octanol–water partition coefficient (Wildman–Crippen LogP) is 3.40. The average molecular weight is 359 g/mol. The molecule has 7 nitrogen and oxygen atoms in total. The molecule has 0 saturated heterocycles. The molecule has 0 aliphatic carbocycles. The molecule has 0 spiro atoms. The van der Waals surface area contributed by atoms with E-state index in [2.05, 4.69) is 20.3 Å². The lowest BCUT2D eigenvalue weighted by molar-refractivity contribution is 0.0773. The maximum atomic E-state index is 12.9. The van der Waals surface area contributed by atoms with Gasteiger partial charge in [0.05, 0.1) is 12.1 Å². The lowest BCUT2D eigenvalue weighted by Gasteiger charge is -2.17. The highest BCUT2D eigenvalue weighted by molar-refractivity contribution is 5.99. The molecule has 0 aliphatic heterocycles. The zero-order valence-electron chi connectivity index (χ0n) is 14.7. The topological polar surface area (TPSA) is 87.9 Å². The summed E-state index contributed by atoms with van der Waals surface area (Å²) in [6, 6.07) is 18.9. The van der Waals surface area contributed by atoms with Gasteiger partial charge in [0.15, 0.2) is 11.6 Å². The molecular weight excluding hydrogens is 342 g/mol. The number of hydrogen-bond donors (Lipinski definition) is 1. The van der Waals surface area contributed by atoms with Crippen LogP contribution in [-0.2, 0) is 6.54 Å². The standard InChI is InChI=1S/C20H17N5O2/c1-25(12-15-11-18(24-27-15)14-7-3-2-4-8-14)20(26)17-10-6-5-9-16(17)19-21-13-22-23-19/h2-11,13H,12H2,1H3,(H,21,22,23). The molecule has 0 aliphatic rings. The van der Waals surface area contributed by atoms with E-state index in [0.717, 1.165) is 11.3 Å². The van der Waals surface area contributed by atoms with Gasteiger partial charge in [0.1, 0.15) is 12.0 Å². The van der Waals surface area contributed by atoms with Gasteiger partial charge in [0.25, 0.3) is 5.91 Å². The molecule has 0 bridgehead atoms. The summed E-state index contributed by atoms with van der Waals surface area (Å²) in [5.74, 6) is 1.03. The van der Waals surface area contributed by atoms with Crippen LogP contribution in [0.25, 0.3) is 22.6 Å². The quantitative estimate of drug-likeness (QED) is 0.590. The van der Waals surface area contributed by atoms with E-state index in [9.17, 15) is 4.79 Å². The van der Waals surface area contributed by atoms with E-state index < -0.39 is 0 Å². The van der Waals surface area contributed by atoms with Gasteiger partial charge in [-0.15, -0.1) is 0 Å². The van der Waals surface area contributed by atoms with Crippen molar-refractivity contribution in [2.45, 2.75) is 6.54 Å². The highest BCUT2D eigenvalue weighted by Crippen LogP contribution is 2.23. The van der Waals surface area contributed by atoms with Gasteiger partial charge in [-0.3, -0.25) is 9.89 Å². The second-order valence-electron chi connectivity index (χ2n) is 6.09. The third-order valence-corrected chi connectivity index (χ3v) is 4.20. The van der Waals surface area contributed by atoms with Crippen molar-refractivity contribution in [3.63, 3.8) is 0 Å². The third kappa shape index (κ3) is 3.48. The molecule has 4 rings (SSSR count). The van der Waals surface area contributed by atoms with Crippen molar-refractivity contribution >= 4 is 5.91 Å². The Balaban J connectivity index is 1.54. The molecule has 0 fully saturated rings. The lowest BCUT2D eigenvalue weighted by atomic mass is 10.1. The number of H-pyrrole nitrogens is 1. The van der Waals surface area contributed by atoms with E-state index in [-0.39, 0.29) is 5.91 Å². The van der Waals surface area contributed by atoms with E-state index >= 15 is 0 Å². The number of hydrogen-bond acceptors (Lipinski definition) is 5. The molecule has 2 aromatic carbocycles. The highest BCUT2D eigenvalue weighted by Gasteiger charge is 2.19. The second-order valence-corrected chi connectivity index (χ2v) is 6.09. The number of aromatic amines is 1. The molecule has 0 saturated carbocycles. The Labute approximate surface area is 155 Å². The molecule has 0 radical (unpaired) electrons. The first-order valence-electron chi connectivity index (χ1n) is 8.43. The summed E-state index contributed by atoms with van der Waals surface area (Å²) in [5, 5.41) is 10.8. The predicted molar refractivity (Wildman–Crippen MR) is 99.6 cm³/mol. The van der Waals surface area contributed by atoms with Gasteiger partial charge in [-0.05, 0) is 6.07 Å². The Kier molecular flexibility index (Phi) is 4.49. The normalized spacial score (nSPS) is 10.7. The Bertz CT molecular complexity index is 1040. The van der Waals surface area contributed by atoms with Crippen LogP contribution in [0, 0.1) is 0 Å². The fourth-order valence-electron chi connectivity index (χ4n) is 2.85. The van der Waals surface area contributed by atoms with Gasteiger partial charge >= 0.3 is 0 Å². The number of carbonyl (C=O) groups excluding carboxylic acids is 1. The summed E-state index contributed by atoms with van der Waals surface area (Å²) < 4.78 is 5.41. The SMILES string of the molecule is CN(Cc1cc(-c2ccccc2)no1)C(=O)c1ccccc1-c1ncn[nH]1. The smallest absolute Gasteiger partial charge is 0.254 e. The van der Waals surface area contributed by atoms with Crippen molar-refractivity contribution < 1.29 is 9.32 Å².